The average Bonchev–Trinajstić information content (AvgIpc) is 2.61. The van der Waals surface area contributed by atoms with Crippen LogP contribution in [-0.2, 0) is 0 Å². The van der Waals surface area contributed by atoms with Crippen LogP contribution in [0.1, 0.15) is 27.2 Å². The SMILES string of the molecule is CCOc1ccc(N2CCC(C)(C)C2)nn1. The van der Waals surface area contributed by atoms with Gasteiger partial charge in [0.15, 0.2) is 5.82 Å². The Morgan fingerprint density at radius 2 is 2.19 bits per heavy atom. The van der Waals surface area contributed by atoms with Gasteiger partial charge in [-0.2, -0.15) is 0 Å². The summed E-state index contributed by atoms with van der Waals surface area (Å²) in [6.45, 7) is 9.26. The molecule has 0 N–H and O–H groups in total. The van der Waals surface area contributed by atoms with Gasteiger partial charge in [0.1, 0.15) is 0 Å². The van der Waals surface area contributed by atoms with Crippen LogP contribution in [0.25, 0.3) is 0 Å². The predicted molar refractivity (Wildman–Crippen MR) is 63.8 cm³/mol. The molecule has 2 heterocycles. The maximum Gasteiger partial charge on any atom is 0.233 e. The Hall–Kier alpha value is -1.32. The van der Waals surface area contributed by atoms with Crippen molar-refractivity contribution in [1.82, 2.24) is 10.2 Å². The minimum atomic E-state index is 0.389. The molecule has 0 radical (unpaired) electrons. The second-order valence-corrected chi connectivity index (χ2v) is 5.00. The van der Waals surface area contributed by atoms with Gasteiger partial charge in [0, 0.05) is 19.2 Å². The van der Waals surface area contributed by atoms with Gasteiger partial charge in [-0.05, 0) is 24.8 Å². The van der Waals surface area contributed by atoms with Crippen molar-refractivity contribution in [2.45, 2.75) is 27.2 Å². The molecule has 0 atom stereocenters. The molecule has 0 saturated carbocycles. The van der Waals surface area contributed by atoms with Gasteiger partial charge in [0.2, 0.25) is 5.88 Å². The fourth-order valence-corrected chi connectivity index (χ4v) is 2.01. The number of anilines is 1. The molecule has 1 fully saturated rings. The van der Waals surface area contributed by atoms with E-state index in [1.165, 1.54) is 6.42 Å². The highest BCUT2D eigenvalue weighted by molar-refractivity contribution is 5.40. The first-order valence-electron chi connectivity index (χ1n) is 5.82. The summed E-state index contributed by atoms with van der Waals surface area (Å²) in [4.78, 5) is 2.28. The molecular weight excluding hydrogens is 202 g/mol. The summed E-state index contributed by atoms with van der Waals surface area (Å²) >= 11 is 0. The predicted octanol–water partition coefficient (Wildman–Crippen LogP) is 2.11. The van der Waals surface area contributed by atoms with E-state index in [-0.39, 0.29) is 0 Å². The smallest absolute Gasteiger partial charge is 0.233 e. The van der Waals surface area contributed by atoms with E-state index in [9.17, 15) is 0 Å². The average molecular weight is 221 g/mol. The second-order valence-electron chi connectivity index (χ2n) is 5.00. The number of nitrogens with zero attached hydrogens (tertiary/aromatic N) is 3. The molecule has 0 bridgehead atoms. The summed E-state index contributed by atoms with van der Waals surface area (Å²) in [6, 6.07) is 3.87. The van der Waals surface area contributed by atoms with Crippen LogP contribution in [0.4, 0.5) is 5.82 Å². The molecule has 4 heteroatoms. The highest BCUT2D eigenvalue weighted by atomic mass is 16.5. The molecule has 2 rings (SSSR count). The van der Waals surface area contributed by atoms with Crippen molar-refractivity contribution in [2.75, 3.05) is 24.6 Å². The maximum absolute atomic E-state index is 5.27. The Labute approximate surface area is 96.6 Å². The zero-order valence-corrected chi connectivity index (χ0v) is 10.2. The third kappa shape index (κ3) is 2.43. The third-order valence-corrected chi connectivity index (χ3v) is 2.92. The van der Waals surface area contributed by atoms with E-state index in [1.54, 1.807) is 0 Å². The molecule has 1 aromatic rings. The number of hydrogen-bond donors (Lipinski definition) is 0. The molecule has 1 aromatic heterocycles. The lowest BCUT2D eigenvalue weighted by molar-refractivity contribution is 0.322. The Morgan fingerprint density at radius 3 is 2.69 bits per heavy atom. The highest BCUT2D eigenvalue weighted by Crippen LogP contribution is 2.31. The van der Waals surface area contributed by atoms with Gasteiger partial charge in [-0.15, -0.1) is 10.2 Å². The molecule has 88 valence electrons. The van der Waals surface area contributed by atoms with E-state index in [0.29, 0.717) is 17.9 Å². The van der Waals surface area contributed by atoms with Crippen molar-refractivity contribution in [3.63, 3.8) is 0 Å². The summed E-state index contributed by atoms with van der Waals surface area (Å²) in [5, 5.41) is 8.24. The summed E-state index contributed by atoms with van der Waals surface area (Å²) in [5.74, 6) is 1.55. The van der Waals surface area contributed by atoms with Crippen molar-refractivity contribution in [3.8, 4) is 5.88 Å². The molecule has 0 aromatic carbocycles. The lowest BCUT2D eigenvalue weighted by Gasteiger charge is -2.20. The zero-order chi connectivity index (χ0) is 11.6. The van der Waals surface area contributed by atoms with Crippen molar-refractivity contribution in [1.29, 1.82) is 0 Å². The Morgan fingerprint density at radius 1 is 1.38 bits per heavy atom. The van der Waals surface area contributed by atoms with Crippen LogP contribution in [0, 0.1) is 5.41 Å². The number of rotatable bonds is 3. The number of aromatic nitrogens is 2. The molecule has 16 heavy (non-hydrogen) atoms. The van der Waals surface area contributed by atoms with Crippen LogP contribution in [0.2, 0.25) is 0 Å². The summed E-state index contributed by atoms with van der Waals surface area (Å²) < 4.78 is 5.27. The quantitative estimate of drug-likeness (QED) is 0.783. The molecule has 4 nitrogen and oxygen atoms in total. The molecule has 0 spiro atoms. The molecule has 1 aliphatic heterocycles. The monoisotopic (exact) mass is 221 g/mol. The summed E-state index contributed by atoms with van der Waals surface area (Å²) in [6.07, 6.45) is 1.21. The second kappa shape index (κ2) is 4.28. The Kier molecular flexibility index (Phi) is 2.99. The minimum absolute atomic E-state index is 0.389. The zero-order valence-electron chi connectivity index (χ0n) is 10.2. The Bertz CT molecular complexity index is 348. The highest BCUT2D eigenvalue weighted by Gasteiger charge is 2.29. The van der Waals surface area contributed by atoms with E-state index in [0.717, 1.165) is 18.9 Å². The van der Waals surface area contributed by atoms with E-state index < -0.39 is 0 Å². The largest absolute Gasteiger partial charge is 0.477 e. The minimum Gasteiger partial charge on any atom is -0.477 e. The van der Waals surface area contributed by atoms with Crippen LogP contribution in [-0.4, -0.2) is 29.9 Å². The van der Waals surface area contributed by atoms with Gasteiger partial charge >= 0.3 is 0 Å². The van der Waals surface area contributed by atoms with E-state index in [2.05, 4.69) is 28.9 Å². The lowest BCUT2D eigenvalue weighted by atomic mass is 9.93. The van der Waals surface area contributed by atoms with E-state index in [4.69, 9.17) is 4.74 Å². The lowest BCUT2D eigenvalue weighted by Crippen LogP contribution is -2.23. The van der Waals surface area contributed by atoms with Crippen LogP contribution in [0.15, 0.2) is 12.1 Å². The van der Waals surface area contributed by atoms with Gasteiger partial charge < -0.3 is 9.64 Å². The van der Waals surface area contributed by atoms with Crippen molar-refractivity contribution >= 4 is 5.82 Å². The molecule has 1 saturated heterocycles. The Balaban J connectivity index is 2.05. The number of hydrogen-bond acceptors (Lipinski definition) is 4. The van der Waals surface area contributed by atoms with Crippen LogP contribution >= 0.6 is 0 Å². The third-order valence-electron chi connectivity index (χ3n) is 2.92. The van der Waals surface area contributed by atoms with Crippen LogP contribution < -0.4 is 9.64 Å². The normalized spacial score (nSPS) is 18.8. The van der Waals surface area contributed by atoms with Crippen LogP contribution in [0.5, 0.6) is 5.88 Å². The fourth-order valence-electron chi connectivity index (χ4n) is 2.01. The van der Waals surface area contributed by atoms with Crippen molar-refractivity contribution in [2.24, 2.45) is 5.41 Å². The number of ether oxygens (including phenoxy) is 1. The summed E-state index contributed by atoms with van der Waals surface area (Å²) in [7, 11) is 0. The molecule has 1 aliphatic rings. The molecule has 0 unspecified atom stereocenters. The van der Waals surface area contributed by atoms with E-state index >= 15 is 0 Å². The van der Waals surface area contributed by atoms with Crippen molar-refractivity contribution < 1.29 is 4.74 Å². The summed E-state index contributed by atoms with van der Waals surface area (Å²) in [5.41, 5.74) is 0.389. The first-order valence-corrected chi connectivity index (χ1v) is 5.82. The van der Waals surface area contributed by atoms with Crippen molar-refractivity contribution in [3.05, 3.63) is 12.1 Å². The first kappa shape index (κ1) is 11.2. The standard InChI is InChI=1S/C12H19N3O/c1-4-16-11-6-5-10(13-14-11)15-8-7-12(2,3)9-15/h5-6H,4,7-9H2,1-3H3. The van der Waals surface area contributed by atoms with E-state index in [1.807, 2.05) is 19.1 Å². The maximum atomic E-state index is 5.27. The first-order chi connectivity index (χ1) is 7.61. The van der Waals surface area contributed by atoms with Gasteiger partial charge in [-0.1, -0.05) is 13.8 Å². The van der Waals surface area contributed by atoms with Gasteiger partial charge in [-0.3, -0.25) is 0 Å². The molecule has 0 amide bonds. The molecular formula is C12H19N3O. The van der Waals surface area contributed by atoms with Gasteiger partial charge in [0.05, 0.1) is 6.61 Å². The molecule has 0 aliphatic carbocycles. The van der Waals surface area contributed by atoms with Crippen LogP contribution in [0.3, 0.4) is 0 Å². The topological polar surface area (TPSA) is 38.2 Å². The van der Waals surface area contributed by atoms with Gasteiger partial charge in [-0.25, -0.2) is 0 Å². The fraction of sp³-hybridized carbons (Fsp3) is 0.667. The van der Waals surface area contributed by atoms with Gasteiger partial charge in [0.25, 0.3) is 0 Å².